The maximum Gasteiger partial charge on any atom is 0.340 e. The Morgan fingerprint density at radius 1 is 1.40 bits per heavy atom. The molecule has 0 amide bonds. The zero-order valence-corrected chi connectivity index (χ0v) is 8.09. The lowest BCUT2D eigenvalue weighted by molar-refractivity contribution is -0.0743. The first kappa shape index (κ1) is 11.5. The molecule has 0 saturated carbocycles. The van der Waals surface area contributed by atoms with Gasteiger partial charge in [-0.3, -0.25) is 0 Å². The fourth-order valence-electron chi connectivity index (χ4n) is 0.980. The molecule has 0 spiro atoms. The van der Waals surface area contributed by atoms with Gasteiger partial charge in [0.25, 0.3) is 0 Å². The van der Waals surface area contributed by atoms with Crippen LogP contribution in [0.25, 0.3) is 0 Å². The molecule has 0 fully saturated rings. The lowest BCUT2D eigenvalue weighted by Gasteiger charge is -2.10. The van der Waals surface area contributed by atoms with E-state index in [1.54, 1.807) is 12.1 Å². The van der Waals surface area contributed by atoms with E-state index in [-0.39, 0.29) is 13.0 Å². The monoisotopic (exact) mass is 211 g/mol. The number of nitrogen functional groups attached to an aromatic ring is 1. The van der Waals surface area contributed by atoms with Crippen molar-refractivity contribution in [3.8, 4) is 0 Å². The van der Waals surface area contributed by atoms with E-state index in [0.29, 0.717) is 11.3 Å². The summed E-state index contributed by atoms with van der Waals surface area (Å²) < 4.78 is 4.63. The van der Waals surface area contributed by atoms with Gasteiger partial charge in [0.2, 0.25) is 6.29 Å². The maximum atomic E-state index is 11.3. The number of anilines is 1. The van der Waals surface area contributed by atoms with Gasteiger partial charge in [0.15, 0.2) is 0 Å². The second-order valence-corrected chi connectivity index (χ2v) is 2.99. The van der Waals surface area contributed by atoms with E-state index < -0.39 is 12.3 Å². The van der Waals surface area contributed by atoms with Gasteiger partial charge in [0.05, 0.1) is 5.56 Å². The van der Waals surface area contributed by atoms with E-state index in [9.17, 15) is 4.79 Å². The van der Waals surface area contributed by atoms with Crippen molar-refractivity contribution in [3.63, 3.8) is 0 Å². The summed E-state index contributed by atoms with van der Waals surface area (Å²) in [7, 11) is 0. The molecule has 1 atom stereocenters. The summed E-state index contributed by atoms with van der Waals surface area (Å²) in [5.74, 6) is -0.643. The first-order chi connectivity index (χ1) is 7.13. The number of aliphatic hydroxyl groups excluding tert-OH is 2. The number of nitrogens with two attached hydrogens (primary N) is 1. The highest BCUT2D eigenvalue weighted by atomic mass is 16.6. The highest BCUT2D eigenvalue weighted by Crippen LogP contribution is 2.08. The zero-order chi connectivity index (χ0) is 11.3. The van der Waals surface area contributed by atoms with E-state index in [1.807, 2.05) is 0 Å². The predicted octanol–water partition coefficient (Wildman–Crippen LogP) is 0.126. The van der Waals surface area contributed by atoms with E-state index in [0.717, 1.165) is 0 Å². The summed E-state index contributed by atoms with van der Waals surface area (Å²) in [4.78, 5) is 11.3. The quantitative estimate of drug-likeness (QED) is 0.374. The summed E-state index contributed by atoms with van der Waals surface area (Å²) >= 11 is 0. The molecule has 0 heterocycles. The Morgan fingerprint density at radius 2 is 2.00 bits per heavy atom. The SMILES string of the molecule is Nc1ccc(C(=O)OC(O)CCO)cc1. The van der Waals surface area contributed by atoms with Crippen LogP contribution in [-0.2, 0) is 4.74 Å². The van der Waals surface area contributed by atoms with Crippen molar-refractivity contribution < 1.29 is 19.7 Å². The molecule has 1 unspecified atom stereocenters. The number of hydrogen-bond donors (Lipinski definition) is 3. The van der Waals surface area contributed by atoms with Crippen molar-refractivity contribution in [3.05, 3.63) is 29.8 Å². The number of rotatable bonds is 4. The fraction of sp³-hybridized carbons (Fsp3) is 0.300. The van der Waals surface area contributed by atoms with Crippen LogP contribution >= 0.6 is 0 Å². The smallest absolute Gasteiger partial charge is 0.340 e. The molecule has 0 radical (unpaired) electrons. The number of hydrogen-bond acceptors (Lipinski definition) is 5. The molecule has 5 heteroatoms. The lowest BCUT2D eigenvalue weighted by atomic mass is 10.2. The lowest BCUT2D eigenvalue weighted by Crippen LogP contribution is -2.18. The van der Waals surface area contributed by atoms with Crippen molar-refractivity contribution in [2.75, 3.05) is 12.3 Å². The Morgan fingerprint density at radius 3 is 2.53 bits per heavy atom. The molecule has 0 aliphatic rings. The second-order valence-electron chi connectivity index (χ2n) is 2.99. The molecule has 0 saturated heterocycles. The standard InChI is InChI=1S/C10H13NO4/c11-8-3-1-7(2-4-8)10(14)15-9(13)5-6-12/h1-4,9,12-13H,5-6,11H2. The minimum absolute atomic E-state index is 0.000707. The first-order valence-electron chi connectivity index (χ1n) is 4.49. The highest BCUT2D eigenvalue weighted by Gasteiger charge is 2.12. The average molecular weight is 211 g/mol. The van der Waals surface area contributed by atoms with Gasteiger partial charge >= 0.3 is 5.97 Å². The van der Waals surface area contributed by atoms with Gasteiger partial charge in [0.1, 0.15) is 0 Å². The van der Waals surface area contributed by atoms with Crippen LogP contribution in [-0.4, -0.2) is 29.1 Å². The van der Waals surface area contributed by atoms with Crippen LogP contribution in [0.5, 0.6) is 0 Å². The molecule has 1 rings (SSSR count). The van der Waals surface area contributed by atoms with E-state index in [2.05, 4.69) is 4.74 Å². The maximum absolute atomic E-state index is 11.3. The van der Waals surface area contributed by atoms with Gasteiger partial charge in [-0.1, -0.05) is 0 Å². The van der Waals surface area contributed by atoms with Gasteiger partial charge < -0.3 is 20.7 Å². The molecule has 0 aliphatic heterocycles. The van der Waals surface area contributed by atoms with Crippen molar-refractivity contribution in [2.45, 2.75) is 12.7 Å². The van der Waals surface area contributed by atoms with Crippen LogP contribution < -0.4 is 5.73 Å². The van der Waals surface area contributed by atoms with Crippen LogP contribution in [0.1, 0.15) is 16.8 Å². The molecule has 1 aromatic rings. The topological polar surface area (TPSA) is 92.8 Å². The Bertz CT molecular complexity index is 323. The third kappa shape index (κ3) is 3.57. The van der Waals surface area contributed by atoms with E-state index >= 15 is 0 Å². The summed E-state index contributed by atoms with van der Waals surface area (Å²) in [5, 5.41) is 17.6. The molecule has 4 N–H and O–H groups in total. The Labute approximate surface area is 87.1 Å². The van der Waals surface area contributed by atoms with Crippen LogP contribution in [0.3, 0.4) is 0 Å². The molecule has 0 aliphatic carbocycles. The molecule has 15 heavy (non-hydrogen) atoms. The molecule has 1 aromatic carbocycles. The normalized spacial score (nSPS) is 12.1. The van der Waals surface area contributed by atoms with Gasteiger partial charge in [0, 0.05) is 18.7 Å². The predicted molar refractivity (Wildman–Crippen MR) is 54.0 cm³/mol. The van der Waals surface area contributed by atoms with E-state index in [1.165, 1.54) is 12.1 Å². The molecule has 0 bridgehead atoms. The van der Waals surface area contributed by atoms with Crippen LogP contribution in [0.4, 0.5) is 5.69 Å². The minimum atomic E-state index is -1.28. The largest absolute Gasteiger partial charge is 0.432 e. The summed E-state index contributed by atoms with van der Waals surface area (Å²) in [5.41, 5.74) is 6.29. The van der Waals surface area contributed by atoms with E-state index in [4.69, 9.17) is 15.9 Å². The van der Waals surface area contributed by atoms with Gasteiger partial charge in [-0.15, -0.1) is 0 Å². The minimum Gasteiger partial charge on any atom is -0.432 e. The van der Waals surface area contributed by atoms with Crippen LogP contribution in [0, 0.1) is 0 Å². The van der Waals surface area contributed by atoms with Crippen LogP contribution in [0.15, 0.2) is 24.3 Å². The molecule has 0 aromatic heterocycles. The van der Waals surface area contributed by atoms with Crippen molar-refractivity contribution in [2.24, 2.45) is 0 Å². The summed E-state index contributed by atoms with van der Waals surface area (Å²) in [6, 6.07) is 6.14. The summed E-state index contributed by atoms with van der Waals surface area (Å²) in [6.45, 7) is -0.240. The number of esters is 1. The van der Waals surface area contributed by atoms with Gasteiger partial charge in [-0.2, -0.15) is 0 Å². The summed E-state index contributed by atoms with van der Waals surface area (Å²) in [6.07, 6.45) is -1.28. The number of carbonyl (C=O) groups excluding carboxylic acids is 1. The number of aliphatic hydroxyl groups is 2. The average Bonchev–Trinajstić information content (AvgIpc) is 2.18. The third-order valence-electron chi connectivity index (χ3n) is 1.77. The number of ether oxygens (including phenoxy) is 1. The third-order valence-corrected chi connectivity index (χ3v) is 1.77. The zero-order valence-electron chi connectivity index (χ0n) is 8.09. The van der Waals surface area contributed by atoms with Crippen molar-refractivity contribution in [1.29, 1.82) is 0 Å². The Kier molecular flexibility index (Phi) is 4.08. The molecule has 5 nitrogen and oxygen atoms in total. The second kappa shape index (κ2) is 5.33. The van der Waals surface area contributed by atoms with Crippen molar-refractivity contribution >= 4 is 11.7 Å². The molecular formula is C10H13NO4. The first-order valence-corrected chi connectivity index (χ1v) is 4.49. The molecular weight excluding hydrogens is 198 g/mol. The van der Waals surface area contributed by atoms with Gasteiger partial charge in [-0.25, -0.2) is 4.79 Å². The highest BCUT2D eigenvalue weighted by molar-refractivity contribution is 5.89. The van der Waals surface area contributed by atoms with Gasteiger partial charge in [-0.05, 0) is 24.3 Å². The Balaban J connectivity index is 2.57. The fourth-order valence-corrected chi connectivity index (χ4v) is 0.980. The number of benzene rings is 1. The Hall–Kier alpha value is -1.59. The number of carbonyl (C=O) groups is 1. The van der Waals surface area contributed by atoms with Crippen molar-refractivity contribution in [1.82, 2.24) is 0 Å². The molecule has 82 valence electrons. The van der Waals surface area contributed by atoms with Crippen LogP contribution in [0.2, 0.25) is 0 Å².